The van der Waals surface area contributed by atoms with Crippen molar-refractivity contribution < 1.29 is 14.3 Å². The van der Waals surface area contributed by atoms with Crippen LogP contribution in [0.3, 0.4) is 0 Å². The predicted octanol–water partition coefficient (Wildman–Crippen LogP) is 2.63. The summed E-state index contributed by atoms with van der Waals surface area (Å²) in [6.07, 6.45) is 0. The second-order valence-electron chi connectivity index (χ2n) is 2.70. The second kappa shape index (κ2) is 5.00. The largest absolute Gasteiger partial charge is 0.492 e. The highest BCUT2D eigenvalue weighted by Gasteiger charge is 2.16. The van der Waals surface area contributed by atoms with Crippen molar-refractivity contribution in [3.8, 4) is 5.75 Å². The van der Waals surface area contributed by atoms with Crippen LogP contribution in [0.4, 0.5) is 0 Å². The molecule has 0 fully saturated rings. The van der Waals surface area contributed by atoms with E-state index in [-0.39, 0.29) is 5.97 Å². The number of thiophene rings is 1. The molecule has 0 aromatic carbocycles. The Morgan fingerprint density at radius 3 is 2.71 bits per heavy atom. The second-order valence-corrected chi connectivity index (χ2v) is 3.96. The van der Waals surface area contributed by atoms with Gasteiger partial charge < -0.3 is 9.47 Å². The first kappa shape index (κ1) is 11.0. The minimum Gasteiger partial charge on any atom is -0.492 e. The topological polar surface area (TPSA) is 35.5 Å². The fourth-order valence-corrected chi connectivity index (χ4v) is 1.94. The van der Waals surface area contributed by atoms with Crippen molar-refractivity contribution in [2.45, 2.75) is 20.8 Å². The van der Waals surface area contributed by atoms with Crippen molar-refractivity contribution in [3.63, 3.8) is 0 Å². The Labute approximate surface area is 87.7 Å². The zero-order valence-electron chi connectivity index (χ0n) is 8.62. The number of hydrogen-bond acceptors (Lipinski definition) is 4. The van der Waals surface area contributed by atoms with Crippen LogP contribution in [0.15, 0.2) is 6.07 Å². The molecule has 0 aliphatic rings. The fraction of sp³-hybridized carbons (Fsp3) is 0.500. The smallest absolute Gasteiger partial charge is 0.352 e. The van der Waals surface area contributed by atoms with Crippen LogP contribution in [0.5, 0.6) is 5.75 Å². The Hall–Kier alpha value is -1.03. The van der Waals surface area contributed by atoms with Gasteiger partial charge >= 0.3 is 5.97 Å². The van der Waals surface area contributed by atoms with Crippen molar-refractivity contribution in [1.82, 2.24) is 0 Å². The van der Waals surface area contributed by atoms with E-state index in [0.717, 1.165) is 4.88 Å². The van der Waals surface area contributed by atoms with E-state index < -0.39 is 0 Å². The van der Waals surface area contributed by atoms with E-state index in [1.807, 2.05) is 19.9 Å². The van der Waals surface area contributed by atoms with Crippen molar-refractivity contribution in [2.75, 3.05) is 13.2 Å². The Bertz CT molecular complexity index is 317. The van der Waals surface area contributed by atoms with Gasteiger partial charge in [-0.05, 0) is 26.8 Å². The van der Waals surface area contributed by atoms with Crippen LogP contribution >= 0.6 is 11.3 Å². The Kier molecular flexibility index (Phi) is 3.95. The molecule has 0 N–H and O–H groups in total. The van der Waals surface area contributed by atoms with Crippen LogP contribution in [-0.4, -0.2) is 19.2 Å². The summed E-state index contributed by atoms with van der Waals surface area (Å²) in [7, 11) is 0. The number of carbonyl (C=O) groups is 1. The molecule has 0 atom stereocenters. The molecular weight excluding hydrogens is 200 g/mol. The molecule has 0 aliphatic carbocycles. The van der Waals surface area contributed by atoms with Gasteiger partial charge in [0, 0.05) is 4.88 Å². The van der Waals surface area contributed by atoms with E-state index in [1.54, 1.807) is 6.92 Å². The SMILES string of the molecule is CCOC(=O)c1sc(C)cc1OCC. The summed E-state index contributed by atoms with van der Waals surface area (Å²) < 4.78 is 10.3. The zero-order chi connectivity index (χ0) is 10.6. The van der Waals surface area contributed by atoms with Crippen LogP contribution in [-0.2, 0) is 4.74 Å². The van der Waals surface area contributed by atoms with Crippen LogP contribution in [0.2, 0.25) is 0 Å². The molecule has 0 aliphatic heterocycles. The highest BCUT2D eigenvalue weighted by Crippen LogP contribution is 2.29. The summed E-state index contributed by atoms with van der Waals surface area (Å²) >= 11 is 1.40. The molecule has 14 heavy (non-hydrogen) atoms. The number of hydrogen-bond donors (Lipinski definition) is 0. The first-order valence-electron chi connectivity index (χ1n) is 4.59. The molecule has 0 spiro atoms. The number of rotatable bonds is 4. The molecule has 0 saturated heterocycles. The number of ether oxygens (including phenoxy) is 2. The van der Waals surface area contributed by atoms with Crippen LogP contribution < -0.4 is 4.74 Å². The molecule has 78 valence electrons. The average molecular weight is 214 g/mol. The first-order valence-corrected chi connectivity index (χ1v) is 5.41. The lowest BCUT2D eigenvalue weighted by Gasteiger charge is -2.03. The minimum absolute atomic E-state index is 0.297. The molecule has 0 saturated carbocycles. The van der Waals surface area contributed by atoms with E-state index in [1.165, 1.54) is 11.3 Å². The summed E-state index contributed by atoms with van der Waals surface area (Å²) in [6.45, 7) is 6.57. The zero-order valence-corrected chi connectivity index (χ0v) is 9.44. The molecule has 1 aromatic rings. The Morgan fingerprint density at radius 2 is 2.14 bits per heavy atom. The average Bonchev–Trinajstić information content (AvgIpc) is 2.48. The van der Waals surface area contributed by atoms with Crippen molar-refractivity contribution >= 4 is 17.3 Å². The van der Waals surface area contributed by atoms with Crippen molar-refractivity contribution in [1.29, 1.82) is 0 Å². The van der Waals surface area contributed by atoms with Gasteiger partial charge in [0.1, 0.15) is 5.75 Å². The van der Waals surface area contributed by atoms with Gasteiger partial charge in [-0.15, -0.1) is 11.3 Å². The van der Waals surface area contributed by atoms with Crippen LogP contribution in [0.25, 0.3) is 0 Å². The number of aryl methyl sites for hydroxylation is 1. The van der Waals surface area contributed by atoms with Gasteiger partial charge in [0.2, 0.25) is 0 Å². The van der Waals surface area contributed by atoms with E-state index in [9.17, 15) is 4.79 Å². The van der Waals surface area contributed by atoms with E-state index in [4.69, 9.17) is 9.47 Å². The predicted molar refractivity (Wildman–Crippen MR) is 56.2 cm³/mol. The maximum Gasteiger partial charge on any atom is 0.352 e. The highest BCUT2D eigenvalue weighted by atomic mass is 32.1. The molecule has 0 amide bonds. The third kappa shape index (κ3) is 2.48. The number of carbonyl (C=O) groups excluding carboxylic acids is 1. The molecule has 1 rings (SSSR count). The molecule has 3 nitrogen and oxygen atoms in total. The quantitative estimate of drug-likeness (QED) is 0.723. The lowest BCUT2D eigenvalue weighted by Crippen LogP contribution is -2.04. The minimum atomic E-state index is -0.297. The lowest BCUT2D eigenvalue weighted by molar-refractivity contribution is 0.0528. The number of esters is 1. The fourth-order valence-electron chi connectivity index (χ4n) is 1.09. The Morgan fingerprint density at radius 1 is 1.43 bits per heavy atom. The van der Waals surface area contributed by atoms with E-state index in [0.29, 0.717) is 23.8 Å². The lowest BCUT2D eigenvalue weighted by atomic mass is 10.4. The van der Waals surface area contributed by atoms with Crippen molar-refractivity contribution in [2.24, 2.45) is 0 Å². The van der Waals surface area contributed by atoms with Gasteiger partial charge in [0.25, 0.3) is 0 Å². The van der Waals surface area contributed by atoms with Gasteiger partial charge in [-0.1, -0.05) is 0 Å². The normalized spacial score (nSPS) is 9.93. The van der Waals surface area contributed by atoms with Gasteiger partial charge in [-0.3, -0.25) is 0 Å². The third-order valence-electron chi connectivity index (χ3n) is 1.58. The van der Waals surface area contributed by atoms with E-state index >= 15 is 0 Å². The van der Waals surface area contributed by atoms with Crippen molar-refractivity contribution in [3.05, 3.63) is 15.8 Å². The summed E-state index contributed by atoms with van der Waals surface area (Å²) in [5.41, 5.74) is 0. The Balaban J connectivity index is 2.88. The molecular formula is C10H14O3S. The standard InChI is InChI=1S/C10H14O3S/c1-4-12-8-6-7(3)14-9(8)10(11)13-5-2/h6H,4-5H2,1-3H3. The molecule has 0 unspecified atom stereocenters. The maximum absolute atomic E-state index is 11.5. The van der Waals surface area contributed by atoms with Gasteiger partial charge in [0.15, 0.2) is 4.88 Å². The first-order chi connectivity index (χ1) is 6.69. The summed E-state index contributed by atoms with van der Waals surface area (Å²) in [4.78, 5) is 13.1. The molecule has 4 heteroatoms. The molecule has 1 aromatic heterocycles. The molecule has 1 heterocycles. The summed E-state index contributed by atoms with van der Waals surface area (Å²) in [5, 5.41) is 0. The summed E-state index contributed by atoms with van der Waals surface area (Å²) in [5.74, 6) is 0.336. The molecule has 0 radical (unpaired) electrons. The summed E-state index contributed by atoms with van der Waals surface area (Å²) in [6, 6.07) is 1.86. The molecule has 0 bridgehead atoms. The van der Waals surface area contributed by atoms with E-state index in [2.05, 4.69) is 0 Å². The maximum atomic E-state index is 11.5. The van der Waals surface area contributed by atoms with Gasteiger partial charge in [-0.25, -0.2) is 4.79 Å². The van der Waals surface area contributed by atoms with Gasteiger partial charge in [0.05, 0.1) is 13.2 Å². The van der Waals surface area contributed by atoms with Crippen LogP contribution in [0.1, 0.15) is 28.4 Å². The monoisotopic (exact) mass is 214 g/mol. The van der Waals surface area contributed by atoms with Crippen LogP contribution in [0, 0.1) is 6.92 Å². The van der Waals surface area contributed by atoms with Gasteiger partial charge in [-0.2, -0.15) is 0 Å². The third-order valence-corrected chi connectivity index (χ3v) is 2.59. The highest BCUT2D eigenvalue weighted by molar-refractivity contribution is 7.14.